The predicted octanol–water partition coefficient (Wildman–Crippen LogP) is 3.62. The Balaban J connectivity index is 1.39. The van der Waals surface area contributed by atoms with Gasteiger partial charge in [-0.1, -0.05) is 13.0 Å². The van der Waals surface area contributed by atoms with Crippen LogP contribution in [-0.4, -0.2) is 53.4 Å². The van der Waals surface area contributed by atoms with E-state index >= 15 is 0 Å². The minimum atomic E-state index is -4.53. The average molecular weight is 479 g/mol. The lowest BCUT2D eigenvalue weighted by Gasteiger charge is -2.33. The van der Waals surface area contributed by atoms with E-state index < -0.39 is 17.9 Å². The molecule has 0 spiro atoms. The van der Waals surface area contributed by atoms with Crippen LogP contribution in [0.25, 0.3) is 0 Å². The normalized spacial score (nSPS) is 19.4. The summed E-state index contributed by atoms with van der Waals surface area (Å²) in [6.45, 7) is 4.66. The molecule has 2 amide bonds. The van der Waals surface area contributed by atoms with Gasteiger partial charge in [-0.15, -0.1) is 0 Å². The van der Waals surface area contributed by atoms with Crippen LogP contribution in [0.4, 0.5) is 35.3 Å². The first-order chi connectivity index (χ1) is 16.2. The van der Waals surface area contributed by atoms with Gasteiger partial charge in [0, 0.05) is 38.3 Å². The summed E-state index contributed by atoms with van der Waals surface area (Å²) in [4.78, 5) is 24.5. The van der Waals surface area contributed by atoms with Crippen molar-refractivity contribution in [2.75, 3.05) is 41.3 Å². The van der Waals surface area contributed by atoms with Gasteiger partial charge in [0.15, 0.2) is 0 Å². The predicted molar refractivity (Wildman–Crippen MR) is 123 cm³/mol. The Morgan fingerprint density at radius 1 is 1.12 bits per heavy atom. The Kier molecular flexibility index (Phi) is 7.11. The highest BCUT2D eigenvalue weighted by Gasteiger charge is 2.34. The van der Waals surface area contributed by atoms with Gasteiger partial charge < -0.3 is 25.5 Å². The topological polar surface area (TPSA) is 93.6 Å². The minimum Gasteiger partial charge on any atom is -0.391 e. The van der Waals surface area contributed by atoms with Gasteiger partial charge in [-0.3, -0.25) is 0 Å². The second-order valence-electron chi connectivity index (χ2n) is 8.95. The largest absolute Gasteiger partial charge is 0.433 e. The zero-order valence-corrected chi connectivity index (χ0v) is 19.0. The third kappa shape index (κ3) is 5.88. The van der Waals surface area contributed by atoms with Crippen molar-refractivity contribution in [3.05, 3.63) is 41.7 Å². The molecule has 0 saturated carbocycles. The molecule has 1 atom stereocenters. The van der Waals surface area contributed by atoms with Crippen molar-refractivity contribution in [1.29, 1.82) is 0 Å². The van der Waals surface area contributed by atoms with Crippen molar-refractivity contribution in [2.45, 2.75) is 45.0 Å². The van der Waals surface area contributed by atoms with Gasteiger partial charge in [-0.05, 0) is 43.4 Å². The Labute approximate surface area is 196 Å². The van der Waals surface area contributed by atoms with Crippen LogP contribution in [0.3, 0.4) is 0 Å². The highest BCUT2D eigenvalue weighted by molar-refractivity contribution is 5.89. The van der Waals surface area contributed by atoms with Crippen LogP contribution in [-0.2, 0) is 12.7 Å². The number of rotatable bonds is 5. The number of halogens is 3. The highest BCUT2D eigenvalue weighted by Crippen LogP contribution is 2.32. The van der Waals surface area contributed by atoms with E-state index in [0.29, 0.717) is 43.2 Å². The van der Waals surface area contributed by atoms with Crippen LogP contribution in [0.5, 0.6) is 0 Å². The number of carbonyl (C=O) groups excluding carboxylic acids is 1. The summed E-state index contributed by atoms with van der Waals surface area (Å²) in [5.74, 6) is 1.50. The summed E-state index contributed by atoms with van der Waals surface area (Å²) in [5, 5.41) is 15.0. The molecule has 2 aromatic heterocycles. The highest BCUT2D eigenvalue weighted by atomic mass is 19.4. The van der Waals surface area contributed by atoms with Gasteiger partial charge in [0.1, 0.15) is 17.3 Å². The maximum atomic E-state index is 13.2. The SMILES string of the molecule is CC1CCN(c2nc(C(F)(F)F)ccc2CNC(=O)Nc2ccc(N3CCC(O)C3)nc2)CC1. The maximum absolute atomic E-state index is 13.2. The molecule has 2 aliphatic rings. The van der Waals surface area contributed by atoms with Crippen molar-refractivity contribution in [1.82, 2.24) is 15.3 Å². The number of anilines is 3. The Morgan fingerprint density at radius 3 is 2.47 bits per heavy atom. The van der Waals surface area contributed by atoms with Gasteiger partial charge in [0.05, 0.1) is 18.0 Å². The number of piperidine rings is 1. The van der Waals surface area contributed by atoms with Gasteiger partial charge in [0.25, 0.3) is 0 Å². The molecule has 2 aliphatic heterocycles. The van der Waals surface area contributed by atoms with E-state index in [1.54, 1.807) is 12.1 Å². The first kappa shape index (κ1) is 24.1. The van der Waals surface area contributed by atoms with Crippen LogP contribution in [0.2, 0.25) is 0 Å². The van der Waals surface area contributed by atoms with E-state index in [4.69, 9.17) is 0 Å². The molecular weight excluding hydrogens is 449 g/mol. The van der Waals surface area contributed by atoms with Crippen molar-refractivity contribution >= 4 is 23.4 Å². The molecule has 2 fully saturated rings. The van der Waals surface area contributed by atoms with Crippen molar-refractivity contribution in [3.63, 3.8) is 0 Å². The fourth-order valence-corrected chi connectivity index (χ4v) is 4.22. The van der Waals surface area contributed by atoms with Gasteiger partial charge in [-0.2, -0.15) is 13.2 Å². The molecule has 4 heterocycles. The van der Waals surface area contributed by atoms with E-state index in [0.717, 1.165) is 31.3 Å². The summed E-state index contributed by atoms with van der Waals surface area (Å²) in [6.07, 6.45) is -0.910. The number of hydrogen-bond acceptors (Lipinski definition) is 6. The maximum Gasteiger partial charge on any atom is 0.433 e. The second kappa shape index (κ2) is 10.0. The molecule has 0 bridgehead atoms. The quantitative estimate of drug-likeness (QED) is 0.608. The van der Waals surface area contributed by atoms with Crippen LogP contribution < -0.4 is 20.4 Å². The number of amides is 2. The zero-order chi connectivity index (χ0) is 24.3. The second-order valence-corrected chi connectivity index (χ2v) is 8.95. The molecule has 34 heavy (non-hydrogen) atoms. The first-order valence-electron chi connectivity index (χ1n) is 11.4. The van der Waals surface area contributed by atoms with Crippen LogP contribution in [0.15, 0.2) is 30.5 Å². The lowest BCUT2D eigenvalue weighted by Crippen LogP contribution is -2.35. The molecule has 0 aromatic carbocycles. The molecule has 4 rings (SSSR count). The van der Waals surface area contributed by atoms with Crippen LogP contribution in [0.1, 0.15) is 37.4 Å². The fraction of sp³-hybridized carbons (Fsp3) is 0.522. The number of nitrogens with zero attached hydrogens (tertiary/aromatic N) is 4. The van der Waals surface area contributed by atoms with E-state index in [-0.39, 0.29) is 18.5 Å². The summed E-state index contributed by atoms with van der Waals surface area (Å²) in [5.41, 5.74) is 0.0709. The summed E-state index contributed by atoms with van der Waals surface area (Å²) in [7, 11) is 0. The summed E-state index contributed by atoms with van der Waals surface area (Å²) >= 11 is 0. The zero-order valence-electron chi connectivity index (χ0n) is 19.0. The number of β-amino-alcohol motifs (C(OH)–C–C–N with tert-alkyl or cyclic N) is 1. The molecule has 11 heteroatoms. The lowest BCUT2D eigenvalue weighted by molar-refractivity contribution is -0.141. The number of aromatic nitrogens is 2. The van der Waals surface area contributed by atoms with E-state index in [1.165, 1.54) is 12.3 Å². The van der Waals surface area contributed by atoms with Crippen LogP contribution in [0, 0.1) is 5.92 Å². The molecule has 8 nitrogen and oxygen atoms in total. The molecular formula is C23H29F3N6O2. The third-order valence-corrected chi connectivity index (χ3v) is 6.26. The number of urea groups is 1. The number of aliphatic hydroxyl groups is 1. The summed E-state index contributed by atoms with van der Waals surface area (Å²) in [6, 6.07) is 5.31. The third-order valence-electron chi connectivity index (χ3n) is 6.26. The Hall–Kier alpha value is -3.08. The van der Waals surface area contributed by atoms with Crippen molar-refractivity contribution < 1.29 is 23.1 Å². The number of carbonyl (C=O) groups is 1. The smallest absolute Gasteiger partial charge is 0.391 e. The first-order valence-corrected chi connectivity index (χ1v) is 11.4. The van der Waals surface area contributed by atoms with E-state index in [9.17, 15) is 23.1 Å². The van der Waals surface area contributed by atoms with Crippen molar-refractivity contribution in [3.8, 4) is 0 Å². The molecule has 184 valence electrons. The van der Waals surface area contributed by atoms with E-state index in [1.807, 2.05) is 9.80 Å². The number of nitrogens with one attached hydrogen (secondary N) is 2. The average Bonchev–Trinajstić information content (AvgIpc) is 3.24. The molecule has 2 aromatic rings. The Bertz CT molecular complexity index is 993. The monoisotopic (exact) mass is 478 g/mol. The van der Waals surface area contributed by atoms with Crippen LogP contribution >= 0.6 is 0 Å². The number of pyridine rings is 2. The molecule has 3 N–H and O–H groups in total. The van der Waals surface area contributed by atoms with E-state index in [2.05, 4.69) is 27.5 Å². The Morgan fingerprint density at radius 2 is 1.85 bits per heavy atom. The van der Waals surface area contributed by atoms with Gasteiger partial charge >= 0.3 is 12.2 Å². The molecule has 0 radical (unpaired) electrons. The number of alkyl halides is 3. The summed E-state index contributed by atoms with van der Waals surface area (Å²) < 4.78 is 39.7. The molecule has 0 aliphatic carbocycles. The van der Waals surface area contributed by atoms with Gasteiger partial charge in [0.2, 0.25) is 0 Å². The minimum absolute atomic E-state index is 0.0372. The number of hydrogen-bond donors (Lipinski definition) is 3. The standard InChI is InChI=1S/C23H29F3N6O2/c1-15-6-9-31(10-7-15)21-16(2-4-19(30-21)23(24,25)26)12-28-22(34)29-17-3-5-20(27-13-17)32-11-8-18(33)14-32/h2-5,13,15,18,33H,6-12,14H2,1H3,(H2,28,29,34). The fourth-order valence-electron chi connectivity index (χ4n) is 4.22. The van der Waals surface area contributed by atoms with Gasteiger partial charge in [-0.25, -0.2) is 14.8 Å². The van der Waals surface area contributed by atoms with Crippen molar-refractivity contribution in [2.24, 2.45) is 5.92 Å². The number of aliphatic hydroxyl groups excluding tert-OH is 1. The molecule has 2 saturated heterocycles. The molecule has 1 unspecified atom stereocenters. The lowest BCUT2D eigenvalue weighted by atomic mass is 9.99.